The molecule has 3 heterocycles. The molecule has 0 bridgehead atoms. The van der Waals surface area contributed by atoms with Crippen LogP contribution in [-0.4, -0.2) is 47.7 Å². The number of aromatic nitrogens is 2. The molecule has 1 atom stereocenters. The van der Waals surface area contributed by atoms with Gasteiger partial charge in [0.2, 0.25) is 22.1 Å². The van der Waals surface area contributed by atoms with Gasteiger partial charge in [-0.05, 0) is 43.9 Å². The summed E-state index contributed by atoms with van der Waals surface area (Å²) in [5.74, 6) is 0.914. The maximum atomic E-state index is 12.8. The SMILES string of the molecule is CCOc1ccc(CNC(=O)C2CCCN2c2nnc(N3CCCC3=O)s2)cc1. The molecule has 2 aliphatic heterocycles. The highest BCUT2D eigenvalue weighted by atomic mass is 32.1. The van der Waals surface area contributed by atoms with Gasteiger partial charge in [-0.15, -0.1) is 10.2 Å². The van der Waals surface area contributed by atoms with E-state index in [0.717, 1.165) is 37.1 Å². The number of rotatable bonds is 7. The molecule has 9 heteroatoms. The molecule has 2 aromatic rings. The second kappa shape index (κ2) is 8.77. The van der Waals surface area contributed by atoms with Crippen LogP contribution in [0.2, 0.25) is 0 Å². The van der Waals surface area contributed by atoms with E-state index in [2.05, 4.69) is 15.5 Å². The maximum absolute atomic E-state index is 12.8. The van der Waals surface area contributed by atoms with Crippen molar-refractivity contribution in [3.05, 3.63) is 29.8 Å². The lowest BCUT2D eigenvalue weighted by Gasteiger charge is -2.22. The molecule has 0 spiro atoms. The second-order valence-electron chi connectivity index (χ2n) is 7.16. The summed E-state index contributed by atoms with van der Waals surface area (Å²) < 4.78 is 5.45. The van der Waals surface area contributed by atoms with Crippen LogP contribution in [0.3, 0.4) is 0 Å². The Balaban J connectivity index is 1.37. The quantitative estimate of drug-likeness (QED) is 0.747. The normalized spacial score (nSPS) is 19.1. The van der Waals surface area contributed by atoms with Gasteiger partial charge < -0.3 is 15.0 Å². The largest absolute Gasteiger partial charge is 0.494 e. The number of carbonyl (C=O) groups is 2. The lowest BCUT2D eigenvalue weighted by Crippen LogP contribution is -2.43. The van der Waals surface area contributed by atoms with Gasteiger partial charge in [0.15, 0.2) is 0 Å². The van der Waals surface area contributed by atoms with Gasteiger partial charge in [0.25, 0.3) is 0 Å². The van der Waals surface area contributed by atoms with Gasteiger partial charge in [-0.25, -0.2) is 0 Å². The highest BCUT2D eigenvalue weighted by Gasteiger charge is 2.34. The summed E-state index contributed by atoms with van der Waals surface area (Å²) >= 11 is 1.39. The van der Waals surface area contributed by atoms with Gasteiger partial charge in [-0.2, -0.15) is 0 Å². The first-order valence-corrected chi connectivity index (χ1v) is 10.9. The van der Waals surface area contributed by atoms with E-state index in [1.54, 1.807) is 4.90 Å². The van der Waals surface area contributed by atoms with E-state index in [1.165, 1.54) is 11.3 Å². The summed E-state index contributed by atoms with van der Waals surface area (Å²) in [6.45, 7) is 4.51. The minimum atomic E-state index is -0.257. The van der Waals surface area contributed by atoms with Gasteiger partial charge in [-0.3, -0.25) is 14.5 Å². The smallest absolute Gasteiger partial charge is 0.243 e. The van der Waals surface area contributed by atoms with Crippen LogP contribution < -0.4 is 19.9 Å². The summed E-state index contributed by atoms with van der Waals surface area (Å²) in [5.41, 5.74) is 1.03. The van der Waals surface area contributed by atoms with Crippen LogP contribution in [-0.2, 0) is 16.1 Å². The molecule has 29 heavy (non-hydrogen) atoms. The Morgan fingerprint density at radius 2 is 2.00 bits per heavy atom. The molecule has 2 saturated heterocycles. The Kier molecular flexibility index (Phi) is 5.94. The summed E-state index contributed by atoms with van der Waals surface area (Å²) in [6, 6.07) is 7.49. The van der Waals surface area contributed by atoms with Gasteiger partial charge in [0.05, 0.1) is 6.61 Å². The van der Waals surface area contributed by atoms with Crippen LogP contribution in [0.15, 0.2) is 24.3 Å². The molecule has 0 aliphatic carbocycles. The number of nitrogens with one attached hydrogen (secondary N) is 1. The third-order valence-electron chi connectivity index (χ3n) is 5.21. The zero-order valence-corrected chi connectivity index (χ0v) is 17.3. The molecule has 1 N–H and O–H groups in total. The van der Waals surface area contributed by atoms with E-state index in [4.69, 9.17) is 4.74 Å². The van der Waals surface area contributed by atoms with Crippen LogP contribution in [0.25, 0.3) is 0 Å². The predicted octanol–water partition coefficient (Wildman–Crippen LogP) is 2.35. The second-order valence-corrected chi connectivity index (χ2v) is 8.10. The summed E-state index contributed by atoms with van der Waals surface area (Å²) in [4.78, 5) is 28.4. The van der Waals surface area contributed by atoms with E-state index in [9.17, 15) is 9.59 Å². The Morgan fingerprint density at radius 1 is 1.21 bits per heavy atom. The number of amides is 2. The topological polar surface area (TPSA) is 87.7 Å². The van der Waals surface area contributed by atoms with E-state index >= 15 is 0 Å². The molecular weight excluding hydrogens is 390 g/mol. The third kappa shape index (κ3) is 4.34. The van der Waals surface area contributed by atoms with Crippen molar-refractivity contribution in [2.24, 2.45) is 0 Å². The molecule has 2 fully saturated rings. The molecular formula is C20H25N5O3S. The number of nitrogens with zero attached hydrogens (tertiary/aromatic N) is 4. The van der Waals surface area contributed by atoms with Crippen molar-refractivity contribution in [1.29, 1.82) is 0 Å². The fourth-order valence-electron chi connectivity index (χ4n) is 3.73. The monoisotopic (exact) mass is 415 g/mol. The fraction of sp³-hybridized carbons (Fsp3) is 0.500. The van der Waals surface area contributed by atoms with Crippen molar-refractivity contribution in [3.63, 3.8) is 0 Å². The number of hydrogen-bond donors (Lipinski definition) is 1. The average Bonchev–Trinajstić information content (AvgIpc) is 3.47. The number of benzene rings is 1. The molecule has 0 radical (unpaired) electrons. The van der Waals surface area contributed by atoms with Gasteiger partial charge in [0, 0.05) is 26.1 Å². The molecule has 8 nitrogen and oxygen atoms in total. The molecule has 1 unspecified atom stereocenters. The van der Waals surface area contributed by atoms with Crippen LogP contribution >= 0.6 is 11.3 Å². The van der Waals surface area contributed by atoms with Crippen molar-refractivity contribution < 1.29 is 14.3 Å². The lowest BCUT2D eigenvalue weighted by atomic mass is 10.2. The summed E-state index contributed by atoms with van der Waals surface area (Å²) in [6.07, 6.45) is 3.13. The molecule has 1 aromatic heterocycles. The molecule has 0 saturated carbocycles. The minimum Gasteiger partial charge on any atom is -0.494 e. The van der Waals surface area contributed by atoms with Crippen molar-refractivity contribution in [2.45, 2.75) is 45.2 Å². The summed E-state index contributed by atoms with van der Waals surface area (Å²) in [5, 5.41) is 12.8. The Morgan fingerprint density at radius 3 is 2.72 bits per heavy atom. The Bertz CT molecular complexity index is 869. The number of anilines is 2. The zero-order valence-electron chi connectivity index (χ0n) is 16.5. The average molecular weight is 416 g/mol. The molecule has 2 aliphatic rings. The standard InChI is InChI=1S/C20H25N5O3S/c1-2-28-15-9-7-14(8-10-15)13-21-18(27)16-5-3-11-24(16)19-22-23-20(29-19)25-12-4-6-17(25)26/h7-10,16H,2-6,11-13H2,1H3,(H,21,27). The first-order valence-electron chi connectivity index (χ1n) is 10.1. The van der Waals surface area contributed by atoms with Crippen molar-refractivity contribution in [2.75, 3.05) is 29.5 Å². The molecule has 2 amide bonds. The van der Waals surface area contributed by atoms with E-state index < -0.39 is 0 Å². The number of ether oxygens (including phenoxy) is 1. The molecule has 154 valence electrons. The van der Waals surface area contributed by atoms with Crippen molar-refractivity contribution in [3.8, 4) is 5.75 Å². The number of hydrogen-bond acceptors (Lipinski definition) is 7. The third-order valence-corrected chi connectivity index (χ3v) is 6.19. The highest BCUT2D eigenvalue weighted by molar-refractivity contribution is 7.19. The minimum absolute atomic E-state index is 0.00890. The van der Waals surface area contributed by atoms with Gasteiger partial charge in [0.1, 0.15) is 11.8 Å². The van der Waals surface area contributed by atoms with Crippen molar-refractivity contribution in [1.82, 2.24) is 15.5 Å². The van der Waals surface area contributed by atoms with E-state index in [1.807, 2.05) is 36.1 Å². The Hall–Kier alpha value is -2.68. The zero-order chi connectivity index (χ0) is 20.2. The lowest BCUT2D eigenvalue weighted by molar-refractivity contribution is -0.122. The number of carbonyl (C=O) groups excluding carboxylic acids is 2. The Labute approximate surface area is 173 Å². The first kappa shape index (κ1) is 19.6. The van der Waals surface area contributed by atoms with E-state index in [-0.39, 0.29) is 17.9 Å². The van der Waals surface area contributed by atoms with Crippen molar-refractivity contribution >= 4 is 33.4 Å². The van der Waals surface area contributed by atoms with Crippen LogP contribution in [0.5, 0.6) is 5.75 Å². The summed E-state index contributed by atoms with van der Waals surface area (Å²) in [7, 11) is 0. The van der Waals surface area contributed by atoms with Crippen LogP contribution in [0.1, 0.15) is 38.2 Å². The van der Waals surface area contributed by atoms with Crippen LogP contribution in [0, 0.1) is 0 Å². The predicted molar refractivity (Wildman–Crippen MR) is 111 cm³/mol. The highest BCUT2D eigenvalue weighted by Crippen LogP contribution is 2.33. The first-order chi connectivity index (χ1) is 14.2. The van der Waals surface area contributed by atoms with Gasteiger partial charge >= 0.3 is 0 Å². The molecule has 4 rings (SSSR count). The van der Waals surface area contributed by atoms with E-state index in [0.29, 0.717) is 36.4 Å². The maximum Gasteiger partial charge on any atom is 0.243 e. The van der Waals surface area contributed by atoms with Gasteiger partial charge in [-0.1, -0.05) is 23.5 Å². The molecule has 1 aromatic carbocycles. The van der Waals surface area contributed by atoms with Crippen LogP contribution in [0.4, 0.5) is 10.3 Å². The fourth-order valence-corrected chi connectivity index (χ4v) is 4.69.